The SMILES string of the molecule is CCOc1ccc(C(=O)N2CCC(CNC(=O)C(F)(F)F)CC2)cc1. The molecule has 1 heterocycles. The van der Waals surface area contributed by atoms with Crippen molar-refractivity contribution in [1.82, 2.24) is 10.2 Å². The molecule has 25 heavy (non-hydrogen) atoms. The summed E-state index contributed by atoms with van der Waals surface area (Å²) >= 11 is 0. The van der Waals surface area contributed by atoms with Crippen LogP contribution in [0.1, 0.15) is 30.1 Å². The Morgan fingerprint density at radius 2 is 1.80 bits per heavy atom. The van der Waals surface area contributed by atoms with Crippen LogP contribution in [0, 0.1) is 5.92 Å². The summed E-state index contributed by atoms with van der Waals surface area (Å²) in [5.41, 5.74) is 0.548. The first kappa shape index (κ1) is 19.1. The summed E-state index contributed by atoms with van der Waals surface area (Å²) in [6, 6.07) is 6.86. The van der Waals surface area contributed by atoms with E-state index in [0.717, 1.165) is 0 Å². The smallest absolute Gasteiger partial charge is 0.471 e. The van der Waals surface area contributed by atoms with Crippen LogP contribution in [0.15, 0.2) is 24.3 Å². The molecule has 0 bridgehead atoms. The number of nitrogens with one attached hydrogen (secondary N) is 1. The largest absolute Gasteiger partial charge is 0.494 e. The van der Waals surface area contributed by atoms with Crippen molar-refractivity contribution in [3.8, 4) is 5.75 Å². The lowest BCUT2D eigenvalue weighted by Gasteiger charge is -2.32. The zero-order chi connectivity index (χ0) is 18.4. The van der Waals surface area contributed by atoms with Crippen LogP contribution in [-0.4, -0.2) is 49.1 Å². The lowest BCUT2D eigenvalue weighted by atomic mass is 9.96. The molecule has 0 aromatic heterocycles. The van der Waals surface area contributed by atoms with E-state index in [2.05, 4.69) is 0 Å². The molecule has 1 aromatic rings. The molecule has 8 heteroatoms. The number of amides is 2. The van der Waals surface area contributed by atoms with Crippen molar-refractivity contribution in [2.75, 3.05) is 26.2 Å². The first-order valence-electron chi connectivity index (χ1n) is 8.18. The van der Waals surface area contributed by atoms with Gasteiger partial charge in [0.2, 0.25) is 0 Å². The number of ether oxygens (including phenoxy) is 1. The predicted octanol–water partition coefficient (Wildman–Crippen LogP) is 2.62. The minimum Gasteiger partial charge on any atom is -0.494 e. The average Bonchev–Trinajstić information content (AvgIpc) is 2.59. The Kier molecular flexibility index (Phi) is 6.27. The molecule has 1 aromatic carbocycles. The van der Waals surface area contributed by atoms with Crippen molar-refractivity contribution in [2.45, 2.75) is 25.9 Å². The van der Waals surface area contributed by atoms with Gasteiger partial charge in [-0.25, -0.2) is 0 Å². The molecule has 0 saturated carbocycles. The molecule has 0 atom stereocenters. The highest BCUT2D eigenvalue weighted by atomic mass is 19.4. The van der Waals surface area contributed by atoms with Gasteiger partial charge in [0.25, 0.3) is 5.91 Å². The van der Waals surface area contributed by atoms with Crippen LogP contribution in [0.25, 0.3) is 0 Å². The zero-order valence-electron chi connectivity index (χ0n) is 13.9. The Bertz CT molecular complexity index is 594. The fraction of sp³-hybridized carbons (Fsp3) is 0.529. The molecular formula is C17H21F3N2O3. The highest BCUT2D eigenvalue weighted by Crippen LogP contribution is 2.21. The quantitative estimate of drug-likeness (QED) is 0.880. The highest BCUT2D eigenvalue weighted by Gasteiger charge is 2.38. The molecule has 1 fully saturated rings. The Morgan fingerprint density at radius 1 is 1.20 bits per heavy atom. The van der Waals surface area contributed by atoms with E-state index in [9.17, 15) is 22.8 Å². The van der Waals surface area contributed by atoms with Crippen molar-refractivity contribution in [2.24, 2.45) is 5.92 Å². The number of rotatable bonds is 5. The number of hydrogen-bond donors (Lipinski definition) is 1. The number of nitrogens with zero attached hydrogens (tertiary/aromatic N) is 1. The number of carbonyl (C=O) groups is 2. The van der Waals surface area contributed by atoms with E-state index in [0.29, 0.717) is 43.9 Å². The van der Waals surface area contributed by atoms with Crippen molar-refractivity contribution < 1.29 is 27.5 Å². The van der Waals surface area contributed by atoms with Gasteiger partial charge < -0.3 is 15.0 Å². The summed E-state index contributed by atoms with van der Waals surface area (Å²) in [5, 5.41) is 1.90. The van der Waals surface area contributed by atoms with Crippen molar-refractivity contribution in [3.63, 3.8) is 0 Å². The number of carbonyl (C=O) groups excluding carboxylic acids is 2. The van der Waals surface area contributed by atoms with Gasteiger partial charge in [0.15, 0.2) is 0 Å². The van der Waals surface area contributed by atoms with Gasteiger partial charge in [-0.3, -0.25) is 9.59 Å². The highest BCUT2D eigenvalue weighted by molar-refractivity contribution is 5.94. The van der Waals surface area contributed by atoms with Crippen LogP contribution in [0.5, 0.6) is 5.75 Å². The monoisotopic (exact) mass is 358 g/mol. The zero-order valence-corrected chi connectivity index (χ0v) is 13.9. The van der Waals surface area contributed by atoms with E-state index in [1.54, 1.807) is 29.2 Å². The van der Waals surface area contributed by atoms with Crippen molar-refractivity contribution >= 4 is 11.8 Å². The summed E-state index contributed by atoms with van der Waals surface area (Å²) in [7, 11) is 0. The second-order valence-corrected chi connectivity index (χ2v) is 5.90. The fourth-order valence-electron chi connectivity index (χ4n) is 2.72. The summed E-state index contributed by atoms with van der Waals surface area (Å²) in [6.45, 7) is 3.31. The maximum Gasteiger partial charge on any atom is 0.471 e. The van der Waals surface area contributed by atoms with E-state index >= 15 is 0 Å². The first-order chi connectivity index (χ1) is 11.8. The molecule has 2 rings (SSSR count). The number of hydrogen-bond acceptors (Lipinski definition) is 3. The summed E-state index contributed by atoms with van der Waals surface area (Å²) < 4.78 is 41.8. The molecule has 1 saturated heterocycles. The predicted molar refractivity (Wildman–Crippen MR) is 85.3 cm³/mol. The fourth-order valence-corrected chi connectivity index (χ4v) is 2.72. The molecule has 5 nitrogen and oxygen atoms in total. The third-order valence-corrected chi connectivity index (χ3v) is 4.12. The summed E-state index contributed by atoms with van der Waals surface area (Å²) in [5.74, 6) is -1.39. The second-order valence-electron chi connectivity index (χ2n) is 5.90. The third kappa shape index (κ3) is 5.37. The van der Waals surface area contributed by atoms with E-state index in [-0.39, 0.29) is 18.4 Å². The van der Waals surface area contributed by atoms with Crippen LogP contribution >= 0.6 is 0 Å². The van der Waals surface area contributed by atoms with Gasteiger partial charge in [0.05, 0.1) is 6.61 Å². The number of piperidine rings is 1. The van der Waals surface area contributed by atoms with Gasteiger partial charge in [-0.1, -0.05) is 0 Å². The molecule has 138 valence electrons. The third-order valence-electron chi connectivity index (χ3n) is 4.12. The Balaban J connectivity index is 1.81. The Hall–Kier alpha value is -2.25. The van der Waals surface area contributed by atoms with Gasteiger partial charge in [-0.2, -0.15) is 13.2 Å². The number of alkyl halides is 3. The second kappa shape index (κ2) is 8.22. The minimum absolute atomic E-state index is 0.0244. The van der Waals surface area contributed by atoms with Crippen LogP contribution in [0.2, 0.25) is 0 Å². The van der Waals surface area contributed by atoms with Crippen LogP contribution < -0.4 is 10.1 Å². The van der Waals surface area contributed by atoms with Crippen LogP contribution in [0.3, 0.4) is 0 Å². The normalized spacial score (nSPS) is 15.8. The maximum absolute atomic E-state index is 12.4. The lowest BCUT2D eigenvalue weighted by molar-refractivity contribution is -0.173. The number of benzene rings is 1. The topological polar surface area (TPSA) is 58.6 Å². The molecule has 1 N–H and O–H groups in total. The van der Waals surface area contributed by atoms with E-state index in [1.807, 2.05) is 12.2 Å². The van der Waals surface area contributed by atoms with Gasteiger partial charge >= 0.3 is 12.1 Å². The van der Waals surface area contributed by atoms with Crippen molar-refractivity contribution in [1.29, 1.82) is 0 Å². The number of likely N-dealkylation sites (tertiary alicyclic amines) is 1. The van der Waals surface area contributed by atoms with Crippen LogP contribution in [0.4, 0.5) is 13.2 Å². The number of halogens is 3. The molecule has 0 unspecified atom stereocenters. The molecule has 0 spiro atoms. The minimum atomic E-state index is -4.86. The molecule has 1 aliphatic rings. The Morgan fingerprint density at radius 3 is 2.32 bits per heavy atom. The lowest BCUT2D eigenvalue weighted by Crippen LogP contribution is -2.44. The molecule has 2 amide bonds. The Labute approximate surface area is 144 Å². The van der Waals surface area contributed by atoms with Crippen LogP contribution in [-0.2, 0) is 4.79 Å². The molecule has 0 aliphatic carbocycles. The van der Waals surface area contributed by atoms with Gasteiger partial charge in [-0.15, -0.1) is 0 Å². The first-order valence-corrected chi connectivity index (χ1v) is 8.18. The average molecular weight is 358 g/mol. The van der Waals surface area contributed by atoms with Gasteiger partial charge in [0.1, 0.15) is 5.75 Å². The van der Waals surface area contributed by atoms with E-state index < -0.39 is 12.1 Å². The molecule has 0 radical (unpaired) electrons. The van der Waals surface area contributed by atoms with E-state index in [4.69, 9.17) is 4.74 Å². The van der Waals surface area contributed by atoms with Gasteiger partial charge in [-0.05, 0) is 49.9 Å². The molecular weight excluding hydrogens is 337 g/mol. The van der Waals surface area contributed by atoms with Crippen molar-refractivity contribution in [3.05, 3.63) is 29.8 Å². The maximum atomic E-state index is 12.4. The van der Waals surface area contributed by atoms with E-state index in [1.165, 1.54) is 0 Å². The molecule has 1 aliphatic heterocycles. The van der Waals surface area contributed by atoms with Gasteiger partial charge in [0, 0.05) is 25.2 Å². The summed E-state index contributed by atoms with van der Waals surface area (Å²) in [4.78, 5) is 24.9. The standard InChI is InChI=1S/C17H21F3N2O3/c1-2-25-14-5-3-13(4-6-14)15(23)22-9-7-12(8-10-22)11-21-16(24)17(18,19)20/h3-6,12H,2,7-11H2,1H3,(H,21,24). The summed E-state index contributed by atoms with van der Waals surface area (Å²) in [6.07, 6.45) is -3.74.